The summed E-state index contributed by atoms with van der Waals surface area (Å²) in [5, 5.41) is 0.676. The summed E-state index contributed by atoms with van der Waals surface area (Å²) in [6, 6.07) is 5.50. The third kappa shape index (κ3) is 3.35. The van der Waals surface area contributed by atoms with E-state index in [9.17, 15) is 0 Å². The van der Waals surface area contributed by atoms with Gasteiger partial charge >= 0.3 is 0 Å². The zero-order valence-corrected chi connectivity index (χ0v) is 10.6. The molecule has 0 bridgehead atoms. The quantitative estimate of drug-likeness (QED) is 0.607. The van der Waals surface area contributed by atoms with Crippen molar-refractivity contribution in [3.05, 3.63) is 28.8 Å². The van der Waals surface area contributed by atoms with Gasteiger partial charge in [0, 0.05) is 17.1 Å². The minimum Gasteiger partial charge on any atom is -0.496 e. The molecule has 3 N–H and O–H groups in total. The van der Waals surface area contributed by atoms with Gasteiger partial charge in [-0.15, -0.1) is 0 Å². The molecule has 0 radical (unpaired) electrons. The van der Waals surface area contributed by atoms with Crippen molar-refractivity contribution in [3.63, 3.8) is 0 Å². The number of rotatable bonds is 5. The number of methoxy groups -OCH3 is 1. The molecule has 1 rings (SSSR count). The minimum atomic E-state index is -0.0105. The van der Waals surface area contributed by atoms with Gasteiger partial charge in [-0.3, -0.25) is 11.3 Å². The molecule has 0 spiro atoms. The lowest BCUT2D eigenvalue weighted by Crippen LogP contribution is -2.35. The monoisotopic (exact) mass is 243 g/mol. The third-order valence-corrected chi connectivity index (χ3v) is 2.55. The number of nitrogens with one attached hydrogen (secondary N) is 1. The highest BCUT2D eigenvalue weighted by molar-refractivity contribution is 6.30. The van der Waals surface area contributed by atoms with Crippen LogP contribution in [0, 0.1) is 0 Å². The predicted octanol–water partition coefficient (Wildman–Crippen LogP) is 1.41. The molecule has 90 valence electrons. The molecule has 0 heterocycles. The first-order valence-corrected chi connectivity index (χ1v) is 5.40. The van der Waals surface area contributed by atoms with Gasteiger partial charge in [0.15, 0.2) is 0 Å². The molecule has 0 aromatic heterocycles. The predicted molar refractivity (Wildman–Crippen MR) is 66.6 cm³/mol. The van der Waals surface area contributed by atoms with Crippen LogP contribution in [0.15, 0.2) is 18.2 Å². The van der Waals surface area contributed by atoms with Crippen molar-refractivity contribution in [2.75, 3.05) is 27.7 Å². The van der Waals surface area contributed by atoms with Crippen molar-refractivity contribution in [1.82, 2.24) is 10.3 Å². The van der Waals surface area contributed by atoms with E-state index in [1.54, 1.807) is 13.2 Å². The summed E-state index contributed by atoms with van der Waals surface area (Å²) in [6.45, 7) is 0.771. The van der Waals surface area contributed by atoms with E-state index in [4.69, 9.17) is 22.2 Å². The van der Waals surface area contributed by atoms with Crippen LogP contribution in [-0.4, -0.2) is 32.6 Å². The second-order valence-electron chi connectivity index (χ2n) is 3.87. The molecule has 1 aromatic carbocycles. The van der Waals surface area contributed by atoms with Crippen molar-refractivity contribution in [2.24, 2.45) is 5.84 Å². The number of hydrogen-bond acceptors (Lipinski definition) is 4. The zero-order valence-electron chi connectivity index (χ0n) is 9.83. The first-order chi connectivity index (χ1) is 7.58. The van der Waals surface area contributed by atoms with Crippen LogP contribution in [0.2, 0.25) is 5.02 Å². The molecule has 0 fully saturated rings. The molecule has 0 aliphatic rings. The molecule has 1 unspecified atom stereocenters. The van der Waals surface area contributed by atoms with Gasteiger partial charge in [0.1, 0.15) is 5.75 Å². The largest absolute Gasteiger partial charge is 0.496 e. The third-order valence-electron chi connectivity index (χ3n) is 2.32. The van der Waals surface area contributed by atoms with E-state index in [1.807, 2.05) is 31.1 Å². The number of hydrogen-bond donors (Lipinski definition) is 2. The van der Waals surface area contributed by atoms with Crippen molar-refractivity contribution < 1.29 is 4.74 Å². The van der Waals surface area contributed by atoms with Gasteiger partial charge in [-0.1, -0.05) is 11.6 Å². The number of nitrogens with zero attached hydrogens (tertiary/aromatic N) is 1. The number of nitrogens with two attached hydrogens (primary N) is 1. The molecule has 1 atom stereocenters. The Hall–Kier alpha value is -0.810. The smallest absolute Gasteiger partial charge is 0.123 e. The van der Waals surface area contributed by atoms with E-state index in [2.05, 4.69) is 5.43 Å². The lowest BCUT2D eigenvalue weighted by molar-refractivity contribution is 0.333. The Morgan fingerprint density at radius 3 is 2.69 bits per heavy atom. The average molecular weight is 244 g/mol. The van der Waals surface area contributed by atoms with Crippen LogP contribution in [0.3, 0.4) is 0 Å². The van der Waals surface area contributed by atoms with E-state index in [1.165, 1.54) is 0 Å². The second-order valence-corrected chi connectivity index (χ2v) is 4.30. The fraction of sp³-hybridized carbons (Fsp3) is 0.455. The Morgan fingerprint density at radius 1 is 1.50 bits per heavy atom. The van der Waals surface area contributed by atoms with Crippen LogP contribution in [0.5, 0.6) is 5.75 Å². The first kappa shape index (κ1) is 13.3. The van der Waals surface area contributed by atoms with Gasteiger partial charge in [-0.2, -0.15) is 0 Å². The van der Waals surface area contributed by atoms with Crippen LogP contribution in [0.1, 0.15) is 11.6 Å². The molecule has 1 aromatic rings. The standard InChI is InChI=1S/C11H18ClN3O/c1-15(2)7-10(14-13)9-6-8(12)4-5-11(9)16-3/h4-6,10,14H,7,13H2,1-3H3. The van der Waals surface area contributed by atoms with Gasteiger partial charge in [-0.05, 0) is 32.3 Å². The number of ether oxygens (including phenoxy) is 1. The highest BCUT2D eigenvalue weighted by atomic mass is 35.5. The maximum Gasteiger partial charge on any atom is 0.123 e. The normalized spacial score (nSPS) is 12.9. The van der Waals surface area contributed by atoms with Crippen LogP contribution in [0.25, 0.3) is 0 Å². The van der Waals surface area contributed by atoms with Crippen molar-refractivity contribution >= 4 is 11.6 Å². The van der Waals surface area contributed by atoms with Crippen molar-refractivity contribution in [2.45, 2.75) is 6.04 Å². The van der Waals surface area contributed by atoms with E-state index >= 15 is 0 Å². The lowest BCUT2D eigenvalue weighted by Gasteiger charge is -2.22. The molecule has 16 heavy (non-hydrogen) atoms. The van der Waals surface area contributed by atoms with Crippen molar-refractivity contribution in [3.8, 4) is 5.75 Å². The van der Waals surface area contributed by atoms with Crippen LogP contribution >= 0.6 is 11.6 Å². The molecular weight excluding hydrogens is 226 g/mol. The highest BCUT2D eigenvalue weighted by Crippen LogP contribution is 2.28. The maximum absolute atomic E-state index is 5.97. The summed E-state index contributed by atoms with van der Waals surface area (Å²) in [5.74, 6) is 6.34. The van der Waals surface area contributed by atoms with E-state index in [0.717, 1.165) is 17.9 Å². The summed E-state index contributed by atoms with van der Waals surface area (Å²) in [6.07, 6.45) is 0. The first-order valence-electron chi connectivity index (χ1n) is 5.02. The molecule has 0 saturated carbocycles. The fourth-order valence-electron chi connectivity index (χ4n) is 1.58. The average Bonchev–Trinajstić information content (AvgIpc) is 2.25. The number of likely N-dealkylation sites (N-methyl/N-ethyl adjacent to an activating group) is 1. The zero-order chi connectivity index (χ0) is 12.1. The molecular formula is C11H18ClN3O. The van der Waals surface area contributed by atoms with Gasteiger partial charge < -0.3 is 9.64 Å². The van der Waals surface area contributed by atoms with Crippen molar-refractivity contribution in [1.29, 1.82) is 0 Å². The summed E-state index contributed by atoms with van der Waals surface area (Å²) in [7, 11) is 5.61. The molecule has 0 aliphatic heterocycles. The van der Waals surface area contributed by atoms with Gasteiger partial charge in [0.25, 0.3) is 0 Å². The topological polar surface area (TPSA) is 50.5 Å². The second kappa shape index (κ2) is 6.06. The molecule has 0 amide bonds. The molecule has 0 saturated heterocycles. The van der Waals surface area contributed by atoms with Gasteiger partial charge in [0.2, 0.25) is 0 Å². The maximum atomic E-state index is 5.97. The van der Waals surface area contributed by atoms with Gasteiger partial charge in [0.05, 0.1) is 13.2 Å². The Bertz CT molecular complexity index is 344. The Balaban J connectivity index is 3.02. The summed E-state index contributed by atoms with van der Waals surface area (Å²) >= 11 is 5.97. The van der Waals surface area contributed by atoms with E-state index < -0.39 is 0 Å². The number of halogens is 1. The van der Waals surface area contributed by atoms with E-state index in [0.29, 0.717) is 5.02 Å². The SMILES string of the molecule is COc1ccc(Cl)cc1C(CN(C)C)NN. The Morgan fingerprint density at radius 2 is 2.19 bits per heavy atom. The van der Waals surface area contributed by atoms with Crippen LogP contribution in [-0.2, 0) is 0 Å². The number of hydrazine groups is 1. The molecule has 5 heteroatoms. The van der Waals surface area contributed by atoms with Crippen LogP contribution in [0.4, 0.5) is 0 Å². The highest BCUT2D eigenvalue weighted by Gasteiger charge is 2.15. The summed E-state index contributed by atoms with van der Waals surface area (Å²) < 4.78 is 5.29. The molecule has 4 nitrogen and oxygen atoms in total. The van der Waals surface area contributed by atoms with E-state index in [-0.39, 0.29) is 6.04 Å². The Labute approximate surface area is 101 Å². The Kier molecular flexibility index (Phi) is 5.02. The fourth-order valence-corrected chi connectivity index (χ4v) is 1.76. The lowest BCUT2D eigenvalue weighted by atomic mass is 10.1. The minimum absolute atomic E-state index is 0.0105. The summed E-state index contributed by atoms with van der Waals surface area (Å²) in [5.41, 5.74) is 3.74. The van der Waals surface area contributed by atoms with Crippen LogP contribution < -0.4 is 16.0 Å². The summed E-state index contributed by atoms with van der Waals surface area (Å²) in [4.78, 5) is 2.05. The van der Waals surface area contributed by atoms with Gasteiger partial charge in [-0.25, -0.2) is 0 Å². The molecule has 0 aliphatic carbocycles. The number of benzene rings is 1.